The lowest BCUT2D eigenvalue weighted by atomic mass is 10.2. The monoisotopic (exact) mass is 311 g/mol. The summed E-state index contributed by atoms with van der Waals surface area (Å²) in [5, 5.41) is 3.84. The van der Waals surface area contributed by atoms with Gasteiger partial charge in [0.15, 0.2) is 4.21 Å². The molecule has 0 radical (unpaired) electrons. The standard InChI is InChI=1S/C10H17N3O2S2.ClH/c1-8-12-7-10(16-8)17(14,15)13-5-3-4-9(13)6-11-2;/h7,9,11H,3-6H2,1-2H3;1H. The van der Waals surface area contributed by atoms with Gasteiger partial charge in [0.05, 0.1) is 11.2 Å². The first-order valence-corrected chi connectivity index (χ1v) is 7.90. The van der Waals surface area contributed by atoms with E-state index in [4.69, 9.17) is 0 Å². The molecule has 0 aliphatic carbocycles. The van der Waals surface area contributed by atoms with Crippen molar-refractivity contribution in [2.45, 2.75) is 30.0 Å². The highest BCUT2D eigenvalue weighted by molar-refractivity contribution is 7.91. The van der Waals surface area contributed by atoms with Crippen molar-refractivity contribution in [1.29, 1.82) is 0 Å². The number of sulfonamides is 1. The molecule has 1 fully saturated rings. The number of thiazole rings is 1. The van der Waals surface area contributed by atoms with Crippen molar-refractivity contribution in [1.82, 2.24) is 14.6 Å². The van der Waals surface area contributed by atoms with Gasteiger partial charge in [-0.05, 0) is 26.8 Å². The number of aryl methyl sites for hydroxylation is 1. The van der Waals surface area contributed by atoms with Crippen LogP contribution in [0.5, 0.6) is 0 Å². The number of rotatable bonds is 4. The molecule has 8 heteroatoms. The molecule has 0 spiro atoms. The molecule has 18 heavy (non-hydrogen) atoms. The van der Waals surface area contributed by atoms with Crippen molar-refractivity contribution in [3.05, 3.63) is 11.2 Å². The molecular weight excluding hydrogens is 294 g/mol. The predicted octanol–water partition coefficient (Wildman–Crippen LogP) is 1.25. The molecule has 1 aliphatic heterocycles. The molecule has 1 N–H and O–H groups in total. The highest BCUT2D eigenvalue weighted by Crippen LogP contribution is 2.28. The van der Waals surface area contributed by atoms with Crippen molar-refractivity contribution in [2.75, 3.05) is 20.1 Å². The summed E-state index contributed by atoms with van der Waals surface area (Å²) in [5.74, 6) is 0. The van der Waals surface area contributed by atoms with Crippen LogP contribution in [-0.2, 0) is 10.0 Å². The zero-order valence-electron chi connectivity index (χ0n) is 10.4. The number of halogens is 1. The van der Waals surface area contributed by atoms with Crippen LogP contribution in [0.25, 0.3) is 0 Å². The van der Waals surface area contributed by atoms with Crippen LogP contribution in [0, 0.1) is 6.92 Å². The van der Waals surface area contributed by atoms with E-state index in [0.717, 1.165) is 17.8 Å². The maximum atomic E-state index is 12.4. The molecule has 1 aromatic rings. The Morgan fingerprint density at radius 2 is 2.33 bits per heavy atom. The van der Waals surface area contributed by atoms with E-state index >= 15 is 0 Å². The summed E-state index contributed by atoms with van der Waals surface area (Å²) < 4.78 is 26.8. The van der Waals surface area contributed by atoms with Gasteiger partial charge in [-0.25, -0.2) is 13.4 Å². The van der Waals surface area contributed by atoms with E-state index in [1.165, 1.54) is 17.5 Å². The van der Waals surface area contributed by atoms with Gasteiger partial charge < -0.3 is 5.32 Å². The second-order valence-corrected chi connectivity index (χ2v) is 7.52. The topological polar surface area (TPSA) is 62.3 Å². The van der Waals surface area contributed by atoms with Gasteiger partial charge in [0, 0.05) is 19.1 Å². The van der Waals surface area contributed by atoms with E-state index in [-0.39, 0.29) is 18.4 Å². The third-order valence-electron chi connectivity index (χ3n) is 2.93. The Labute approximate surface area is 118 Å². The number of likely N-dealkylation sites (N-methyl/N-ethyl adjacent to an activating group) is 1. The zero-order chi connectivity index (χ0) is 12.5. The third kappa shape index (κ3) is 3.03. The molecule has 5 nitrogen and oxygen atoms in total. The Bertz CT molecular complexity index is 489. The second-order valence-electron chi connectivity index (χ2n) is 4.17. The molecule has 0 aromatic carbocycles. The average molecular weight is 312 g/mol. The summed E-state index contributed by atoms with van der Waals surface area (Å²) in [5.41, 5.74) is 0. The fourth-order valence-electron chi connectivity index (χ4n) is 2.14. The van der Waals surface area contributed by atoms with E-state index in [1.807, 2.05) is 14.0 Å². The van der Waals surface area contributed by atoms with Gasteiger partial charge >= 0.3 is 0 Å². The van der Waals surface area contributed by atoms with Crippen molar-refractivity contribution in [3.8, 4) is 0 Å². The van der Waals surface area contributed by atoms with Crippen LogP contribution >= 0.6 is 23.7 Å². The molecule has 104 valence electrons. The second kappa shape index (κ2) is 6.29. The largest absolute Gasteiger partial charge is 0.318 e. The zero-order valence-corrected chi connectivity index (χ0v) is 12.9. The number of aromatic nitrogens is 1. The third-order valence-corrected chi connectivity index (χ3v) is 6.23. The summed E-state index contributed by atoms with van der Waals surface area (Å²) in [4.78, 5) is 4.02. The summed E-state index contributed by atoms with van der Waals surface area (Å²) in [7, 11) is -1.49. The van der Waals surface area contributed by atoms with Crippen LogP contribution in [0.3, 0.4) is 0 Å². The molecule has 1 aromatic heterocycles. The van der Waals surface area contributed by atoms with Gasteiger partial charge in [0.25, 0.3) is 10.0 Å². The fourth-order valence-corrected chi connectivity index (χ4v) is 5.07. The van der Waals surface area contributed by atoms with Crippen LogP contribution in [-0.4, -0.2) is 43.9 Å². The minimum absolute atomic E-state index is 0. The highest BCUT2D eigenvalue weighted by Gasteiger charge is 2.35. The van der Waals surface area contributed by atoms with Gasteiger partial charge in [-0.1, -0.05) is 0 Å². The molecule has 0 amide bonds. The van der Waals surface area contributed by atoms with Crippen LogP contribution < -0.4 is 5.32 Å². The Hall–Kier alpha value is -0.210. The molecule has 1 saturated heterocycles. The highest BCUT2D eigenvalue weighted by atomic mass is 35.5. The van der Waals surface area contributed by atoms with Crippen LogP contribution in [0.4, 0.5) is 0 Å². The Morgan fingerprint density at radius 1 is 1.61 bits per heavy atom. The first-order valence-electron chi connectivity index (χ1n) is 5.64. The van der Waals surface area contributed by atoms with Gasteiger partial charge in [-0.2, -0.15) is 4.31 Å². The molecule has 0 saturated carbocycles. The Morgan fingerprint density at radius 3 is 2.89 bits per heavy atom. The summed E-state index contributed by atoms with van der Waals surface area (Å²) in [6.07, 6.45) is 3.32. The minimum Gasteiger partial charge on any atom is -0.318 e. The quantitative estimate of drug-likeness (QED) is 0.909. The molecular formula is C10H18ClN3O2S2. The van der Waals surface area contributed by atoms with Crippen molar-refractivity contribution in [2.24, 2.45) is 0 Å². The van der Waals surface area contributed by atoms with Crippen molar-refractivity contribution >= 4 is 33.8 Å². The van der Waals surface area contributed by atoms with E-state index in [0.29, 0.717) is 17.3 Å². The maximum absolute atomic E-state index is 12.4. The lowest BCUT2D eigenvalue weighted by Crippen LogP contribution is -2.40. The van der Waals surface area contributed by atoms with E-state index in [1.54, 1.807) is 4.31 Å². The molecule has 0 bridgehead atoms. The molecule has 1 atom stereocenters. The summed E-state index contributed by atoms with van der Waals surface area (Å²) in [6, 6.07) is 0.0763. The van der Waals surface area contributed by atoms with Crippen LogP contribution in [0.1, 0.15) is 17.8 Å². The molecule has 1 unspecified atom stereocenters. The minimum atomic E-state index is -3.34. The first kappa shape index (κ1) is 15.8. The molecule has 1 aliphatic rings. The molecule has 2 rings (SSSR count). The number of hydrogen-bond donors (Lipinski definition) is 1. The van der Waals surface area contributed by atoms with Gasteiger partial charge in [0.2, 0.25) is 0 Å². The predicted molar refractivity (Wildman–Crippen MR) is 74.9 cm³/mol. The van der Waals surface area contributed by atoms with Crippen molar-refractivity contribution < 1.29 is 8.42 Å². The fraction of sp³-hybridized carbons (Fsp3) is 0.700. The first-order chi connectivity index (χ1) is 8.05. The van der Waals surface area contributed by atoms with E-state index in [2.05, 4.69) is 10.3 Å². The number of nitrogens with one attached hydrogen (secondary N) is 1. The van der Waals surface area contributed by atoms with Gasteiger partial charge in [-0.15, -0.1) is 23.7 Å². The lowest BCUT2D eigenvalue weighted by Gasteiger charge is -2.22. The van der Waals surface area contributed by atoms with Crippen LogP contribution in [0.2, 0.25) is 0 Å². The van der Waals surface area contributed by atoms with Crippen molar-refractivity contribution in [3.63, 3.8) is 0 Å². The SMILES string of the molecule is CNCC1CCCN1S(=O)(=O)c1cnc(C)s1.Cl. The normalized spacial score (nSPS) is 20.9. The van der Waals surface area contributed by atoms with Gasteiger partial charge in [0.1, 0.15) is 0 Å². The summed E-state index contributed by atoms with van der Waals surface area (Å²) >= 11 is 1.24. The lowest BCUT2D eigenvalue weighted by molar-refractivity contribution is 0.380. The molecule has 2 heterocycles. The number of nitrogens with zero attached hydrogens (tertiary/aromatic N) is 2. The Kier molecular flexibility index (Phi) is 5.54. The van der Waals surface area contributed by atoms with Crippen LogP contribution in [0.15, 0.2) is 10.4 Å². The van der Waals surface area contributed by atoms with E-state index in [9.17, 15) is 8.42 Å². The summed E-state index contributed by atoms with van der Waals surface area (Å²) in [6.45, 7) is 3.14. The smallest absolute Gasteiger partial charge is 0.254 e. The average Bonchev–Trinajstić information content (AvgIpc) is 2.87. The van der Waals surface area contributed by atoms with E-state index < -0.39 is 10.0 Å². The van der Waals surface area contributed by atoms with Gasteiger partial charge in [-0.3, -0.25) is 0 Å². The Balaban J connectivity index is 0.00000162. The number of hydrogen-bond acceptors (Lipinski definition) is 5. The maximum Gasteiger partial charge on any atom is 0.254 e.